The molecule has 0 saturated heterocycles. The first-order chi connectivity index (χ1) is 4.86. The SMILES string of the molecule is CC(C)CNS(=O)(=O)C(F)F. The normalized spacial score (nSPS) is 12.9. The number of nitrogens with one attached hydrogen (secondary N) is 1. The summed E-state index contributed by atoms with van der Waals surface area (Å²) in [5.41, 5.74) is 0. The molecular formula is C5H11F2NO2S. The molecule has 3 nitrogen and oxygen atoms in total. The Balaban J connectivity index is 3.95. The summed E-state index contributed by atoms with van der Waals surface area (Å²) in [6, 6.07) is 0. The molecule has 0 aliphatic rings. The zero-order chi connectivity index (χ0) is 9.07. The van der Waals surface area contributed by atoms with Gasteiger partial charge in [-0.2, -0.15) is 8.78 Å². The highest BCUT2D eigenvalue weighted by Gasteiger charge is 2.22. The van der Waals surface area contributed by atoms with Gasteiger partial charge in [-0.1, -0.05) is 13.8 Å². The van der Waals surface area contributed by atoms with Gasteiger partial charge in [0.2, 0.25) is 0 Å². The first kappa shape index (κ1) is 10.8. The maximum Gasteiger partial charge on any atom is 0.350 e. The third-order valence-corrected chi connectivity index (χ3v) is 1.97. The summed E-state index contributed by atoms with van der Waals surface area (Å²) in [5.74, 6) is -3.30. The van der Waals surface area contributed by atoms with Crippen LogP contribution in [0.1, 0.15) is 13.8 Å². The molecule has 0 atom stereocenters. The average Bonchev–Trinajstić information content (AvgIpc) is 1.84. The van der Waals surface area contributed by atoms with Crippen molar-refractivity contribution < 1.29 is 17.2 Å². The fraction of sp³-hybridized carbons (Fsp3) is 1.00. The van der Waals surface area contributed by atoms with Crippen LogP contribution in [0.3, 0.4) is 0 Å². The summed E-state index contributed by atoms with van der Waals surface area (Å²) >= 11 is 0. The van der Waals surface area contributed by atoms with Gasteiger partial charge in [-0.3, -0.25) is 0 Å². The van der Waals surface area contributed by atoms with Crippen molar-refractivity contribution >= 4 is 10.0 Å². The molecular weight excluding hydrogens is 176 g/mol. The molecule has 0 aliphatic carbocycles. The van der Waals surface area contributed by atoms with Crippen molar-refractivity contribution in [2.45, 2.75) is 19.6 Å². The second kappa shape index (κ2) is 3.96. The van der Waals surface area contributed by atoms with Gasteiger partial charge >= 0.3 is 5.76 Å². The van der Waals surface area contributed by atoms with Crippen LogP contribution in [-0.4, -0.2) is 20.7 Å². The summed E-state index contributed by atoms with van der Waals surface area (Å²) < 4.78 is 45.8. The van der Waals surface area contributed by atoms with Crippen molar-refractivity contribution in [3.05, 3.63) is 0 Å². The maximum atomic E-state index is 11.6. The average molecular weight is 187 g/mol. The smallest absolute Gasteiger partial charge is 0.210 e. The lowest BCUT2D eigenvalue weighted by atomic mass is 10.2. The van der Waals surface area contributed by atoms with Gasteiger partial charge in [0.15, 0.2) is 0 Å². The molecule has 0 radical (unpaired) electrons. The number of alkyl halides is 2. The van der Waals surface area contributed by atoms with E-state index in [4.69, 9.17) is 0 Å². The van der Waals surface area contributed by atoms with E-state index in [0.29, 0.717) is 0 Å². The first-order valence-corrected chi connectivity index (χ1v) is 4.67. The van der Waals surface area contributed by atoms with Crippen LogP contribution in [0.5, 0.6) is 0 Å². The van der Waals surface area contributed by atoms with E-state index >= 15 is 0 Å². The Bertz CT molecular complexity index is 201. The van der Waals surface area contributed by atoms with Crippen molar-refractivity contribution in [3.8, 4) is 0 Å². The van der Waals surface area contributed by atoms with Gasteiger partial charge in [-0.05, 0) is 5.92 Å². The van der Waals surface area contributed by atoms with E-state index in [9.17, 15) is 17.2 Å². The molecule has 6 heteroatoms. The lowest BCUT2D eigenvalue weighted by molar-refractivity contribution is 0.232. The fourth-order valence-corrected chi connectivity index (χ4v) is 1.04. The largest absolute Gasteiger partial charge is 0.350 e. The lowest BCUT2D eigenvalue weighted by Gasteiger charge is -2.06. The van der Waals surface area contributed by atoms with Crippen LogP contribution in [0.4, 0.5) is 8.78 Å². The van der Waals surface area contributed by atoms with Crippen LogP contribution in [0.25, 0.3) is 0 Å². The third-order valence-electron chi connectivity index (χ3n) is 0.927. The van der Waals surface area contributed by atoms with Gasteiger partial charge in [-0.15, -0.1) is 0 Å². The van der Waals surface area contributed by atoms with Gasteiger partial charge in [0.05, 0.1) is 0 Å². The van der Waals surface area contributed by atoms with Crippen LogP contribution in [0.15, 0.2) is 0 Å². The second-order valence-corrected chi connectivity index (χ2v) is 4.28. The molecule has 0 heterocycles. The minimum atomic E-state index is -4.38. The summed E-state index contributed by atoms with van der Waals surface area (Å²) in [6.07, 6.45) is 0. The highest BCUT2D eigenvalue weighted by molar-refractivity contribution is 7.89. The predicted molar refractivity (Wildman–Crippen MR) is 37.8 cm³/mol. The molecule has 0 bridgehead atoms. The molecule has 0 spiro atoms. The standard InChI is InChI=1S/C5H11F2NO2S/c1-4(2)3-8-11(9,10)5(6)7/h4-5,8H,3H2,1-2H3. The molecule has 0 fully saturated rings. The Labute approximate surface area is 64.8 Å². The summed E-state index contributed by atoms with van der Waals surface area (Å²) in [5, 5.41) is 0. The Hall–Kier alpha value is -0.230. The van der Waals surface area contributed by atoms with Crippen LogP contribution in [0, 0.1) is 5.92 Å². The van der Waals surface area contributed by atoms with Crippen molar-refractivity contribution in [2.24, 2.45) is 5.92 Å². The molecule has 0 aromatic heterocycles. The quantitative estimate of drug-likeness (QED) is 0.707. The van der Waals surface area contributed by atoms with Crippen LogP contribution in [0.2, 0.25) is 0 Å². The summed E-state index contributed by atoms with van der Waals surface area (Å²) in [7, 11) is -4.38. The molecule has 0 saturated carbocycles. The van der Waals surface area contributed by atoms with Crippen LogP contribution >= 0.6 is 0 Å². The van der Waals surface area contributed by atoms with Crippen molar-refractivity contribution in [1.82, 2.24) is 4.72 Å². The predicted octanol–water partition coefficient (Wildman–Crippen LogP) is 0.784. The number of sulfonamides is 1. The lowest BCUT2D eigenvalue weighted by Crippen LogP contribution is -2.32. The van der Waals surface area contributed by atoms with Crippen molar-refractivity contribution in [1.29, 1.82) is 0 Å². The molecule has 0 aromatic carbocycles. The van der Waals surface area contributed by atoms with E-state index in [-0.39, 0.29) is 12.5 Å². The van der Waals surface area contributed by atoms with Gasteiger partial charge in [0, 0.05) is 6.54 Å². The van der Waals surface area contributed by atoms with E-state index in [0.717, 1.165) is 0 Å². The zero-order valence-electron chi connectivity index (χ0n) is 6.34. The molecule has 0 aromatic rings. The van der Waals surface area contributed by atoms with E-state index in [1.54, 1.807) is 18.6 Å². The van der Waals surface area contributed by atoms with Gasteiger partial charge in [-0.25, -0.2) is 13.1 Å². The fourth-order valence-electron chi connectivity index (χ4n) is 0.346. The maximum absolute atomic E-state index is 11.6. The molecule has 0 rings (SSSR count). The molecule has 0 aliphatic heterocycles. The van der Waals surface area contributed by atoms with Gasteiger partial charge in [0.25, 0.3) is 10.0 Å². The molecule has 68 valence electrons. The van der Waals surface area contributed by atoms with Gasteiger partial charge in [0.1, 0.15) is 0 Å². The number of halogens is 2. The minimum absolute atomic E-state index is 0.0310. The Morgan fingerprint density at radius 3 is 2.09 bits per heavy atom. The minimum Gasteiger partial charge on any atom is -0.210 e. The topological polar surface area (TPSA) is 46.2 Å². The summed E-state index contributed by atoms with van der Waals surface area (Å²) in [6.45, 7) is 3.51. The molecule has 1 N–H and O–H groups in total. The highest BCUT2D eigenvalue weighted by Crippen LogP contribution is 2.02. The summed E-state index contributed by atoms with van der Waals surface area (Å²) in [4.78, 5) is 0. The highest BCUT2D eigenvalue weighted by atomic mass is 32.2. The number of rotatable bonds is 4. The van der Waals surface area contributed by atoms with E-state index in [2.05, 4.69) is 0 Å². The van der Waals surface area contributed by atoms with Crippen molar-refractivity contribution in [2.75, 3.05) is 6.54 Å². The molecule has 0 unspecified atom stereocenters. The number of hydrogen-bond acceptors (Lipinski definition) is 2. The van der Waals surface area contributed by atoms with Gasteiger partial charge < -0.3 is 0 Å². The third kappa shape index (κ3) is 4.26. The second-order valence-electron chi connectivity index (χ2n) is 2.55. The molecule has 11 heavy (non-hydrogen) atoms. The van der Waals surface area contributed by atoms with E-state index in [1.165, 1.54) is 0 Å². The first-order valence-electron chi connectivity index (χ1n) is 3.13. The van der Waals surface area contributed by atoms with Crippen molar-refractivity contribution in [3.63, 3.8) is 0 Å². The Morgan fingerprint density at radius 2 is 1.82 bits per heavy atom. The van der Waals surface area contributed by atoms with Crippen LogP contribution in [-0.2, 0) is 10.0 Å². The zero-order valence-corrected chi connectivity index (χ0v) is 7.16. The monoisotopic (exact) mass is 187 g/mol. The van der Waals surface area contributed by atoms with Crippen LogP contribution < -0.4 is 4.72 Å². The molecule has 0 amide bonds. The van der Waals surface area contributed by atoms with E-state index < -0.39 is 15.8 Å². The van der Waals surface area contributed by atoms with E-state index in [1.807, 2.05) is 0 Å². The number of hydrogen-bond donors (Lipinski definition) is 1. The Morgan fingerprint density at radius 1 is 1.36 bits per heavy atom. The Kier molecular flexibility index (Phi) is 3.88.